The molecule has 74 valence electrons. The normalized spacial score (nSPS) is 20.2. The fraction of sp³-hybridized carbons (Fsp3) is 1.00. The molecule has 0 saturated heterocycles. The molecule has 0 aromatic heterocycles. The summed E-state index contributed by atoms with van der Waals surface area (Å²) in [6.07, 6.45) is 0.301. The van der Waals surface area contributed by atoms with E-state index >= 15 is 0 Å². The molecule has 0 aromatic rings. The van der Waals surface area contributed by atoms with Crippen LogP contribution in [0.25, 0.3) is 0 Å². The van der Waals surface area contributed by atoms with E-state index in [2.05, 4.69) is 0 Å². The highest BCUT2D eigenvalue weighted by Crippen LogP contribution is 2.54. The van der Waals surface area contributed by atoms with Crippen LogP contribution in [0.1, 0.15) is 34.6 Å². The maximum atomic E-state index is 11.4. The smallest absolute Gasteiger partial charge is 0.290 e. The van der Waals surface area contributed by atoms with Crippen LogP contribution in [0, 0.1) is 5.41 Å². The summed E-state index contributed by atoms with van der Waals surface area (Å²) in [4.78, 5) is 0. The van der Waals surface area contributed by atoms with Gasteiger partial charge in [-0.25, -0.2) is 0 Å². The summed E-state index contributed by atoms with van der Waals surface area (Å²) in [5.74, 6) is 0. The minimum atomic E-state index is -2.85. The Kier molecular flexibility index (Phi) is 4.29. The monoisotopic (exact) mass is 212 g/mol. The van der Waals surface area contributed by atoms with Gasteiger partial charge in [0, 0.05) is 6.16 Å². The predicted molar refractivity (Wildman–Crippen MR) is 54.0 cm³/mol. The van der Waals surface area contributed by atoms with Crippen molar-refractivity contribution >= 4 is 18.0 Å². The first-order valence-electron chi connectivity index (χ1n) is 4.16. The lowest BCUT2D eigenvalue weighted by molar-refractivity contribution is 0.110. The van der Waals surface area contributed by atoms with Gasteiger partial charge in [-0.05, 0) is 23.6 Å². The van der Waals surface area contributed by atoms with Crippen LogP contribution >= 0.6 is 18.0 Å². The fourth-order valence-electron chi connectivity index (χ4n) is 0.469. The van der Waals surface area contributed by atoms with E-state index in [0.717, 1.165) is 0 Å². The zero-order valence-corrected chi connectivity index (χ0v) is 10.1. The zero-order valence-electron chi connectivity index (χ0n) is 8.43. The Balaban J connectivity index is 4.19. The second-order valence-electron chi connectivity index (χ2n) is 4.02. The molecule has 4 heteroatoms. The molecule has 0 saturated carbocycles. The van der Waals surface area contributed by atoms with E-state index in [0.29, 0.717) is 6.16 Å². The number of halogens is 1. The molecular formula is C8H18ClO2P. The van der Waals surface area contributed by atoms with Crippen LogP contribution in [-0.2, 0) is 9.09 Å². The highest BCUT2D eigenvalue weighted by atomic mass is 35.7. The molecule has 0 rings (SSSR count). The summed E-state index contributed by atoms with van der Waals surface area (Å²) in [7, 11) is 0. The van der Waals surface area contributed by atoms with Gasteiger partial charge in [0.25, 0.3) is 6.72 Å². The molecule has 0 aliphatic heterocycles. The lowest BCUT2D eigenvalue weighted by atomic mass is 9.91. The summed E-state index contributed by atoms with van der Waals surface area (Å²) in [6.45, 7) is 6.90. The first-order chi connectivity index (χ1) is 5.19. The van der Waals surface area contributed by atoms with Crippen LogP contribution in [0.5, 0.6) is 0 Å². The summed E-state index contributed by atoms with van der Waals surface area (Å²) >= 11 is 5.65. The van der Waals surface area contributed by atoms with Crippen LogP contribution in [0.4, 0.5) is 0 Å². The molecule has 2 atom stereocenters. The van der Waals surface area contributed by atoms with Gasteiger partial charge >= 0.3 is 0 Å². The first kappa shape index (κ1) is 12.5. The maximum Gasteiger partial charge on any atom is 0.290 e. The highest BCUT2D eigenvalue weighted by Gasteiger charge is 2.28. The van der Waals surface area contributed by atoms with Crippen LogP contribution in [-0.4, -0.2) is 12.3 Å². The molecule has 0 radical (unpaired) electrons. The van der Waals surface area contributed by atoms with Crippen molar-refractivity contribution in [1.82, 2.24) is 0 Å². The molecule has 0 heterocycles. The standard InChI is InChI=1S/C8H18ClO2P/c1-6-12(9,10)11-7(2)8(3,4)5/h7H,6H2,1-5H3. The Morgan fingerprint density at radius 1 is 1.50 bits per heavy atom. The summed E-state index contributed by atoms with van der Waals surface area (Å²) in [6, 6.07) is 0. The molecule has 0 bridgehead atoms. The van der Waals surface area contributed by atoms with Crippen molar-refractivity contribution in [2.24, 2.45) is 5.41 Å². The third-order valence-corrected chi connectivity index (χ3v) is 4.26. The zero-order chi connectivity index (χ0) is 9.99. The topological polar surface area (TPSA) is 26.3 Å². The molecule has 0 aliphatic rings. The average Bonchev–Trinajstić information content (AvgIpc) is 1.85. The third kappa shape index (κ3) is 4.49. The SMILES string of the molecule is CCP(=O)(Cl)OC(C)C(C)(C)C. The Morgan fingerprint density at radius 3 is 2.17 bits per heavy atom. The van der Waals surface area contributed by atoms with Gasteiger partial charge in [0.1, 0.15) is 0 Å². The molecule has 2 unspecified atom stereocenters. The van der Waals surface area contributed by atoms with E-state index in [4.69, 9.17) is 15.8 Å². The van der Waals surface area contributed by atoms with Crippen LogP contribution in [0.3, 0.4) is 0 Å². The largest absolute Gasteiger partial charge is 0.314 e. The molecule has 2 nitrogen and oxygen atoms in total. The minimum Gasteiger partial charge on any atom is -0.314 e. The van der Waals surface area contributed by atoms with Crippen molar-refractivity contribution in [2.75, 3.05) is 6.16 Å². The highest BCUT2D eigenvalue weighted by molar-refractivity contribution is 7.85. The van der Waals surface area contributed by atoms with Crippen molar-refractivity contribution in [3.8, 4) is 0 Å². The molecular weight excluding hydrogens is 195 g/mol. The van der Waals surface area contributed by atoms with E-state index < -0.39 is 6.72 Å². The second-order valence-corrected chi connectivity index (χ2v) is 7.59. The quantitative estimate of drug-likeness (QED) is 0.664. The van der Waals surface area contributed by atoms with Gasteiger partial charge in [-0.1, -0.05) is 27.7 Å². The van der Waals surface area contributed by atoms with Crippen molar-refractivity contribution < 1.29 is 9.09 Å². The average molecular weight is 213 g/mol. The third-order valence-electron chi connectivity index (χ3n) is 1.91. The summed E-state index contributed by atoms with van der Waals surface area (Å²) in [5.41, 5.74) is -0.0142. The summed E-state index contributed by atoms with van der Waals surface area (Å²) < 4.78 is 16.7. The van der Waals surface area contributed by atoms with Crippen molar-refractivity contribution in [1.29, 1.82) is 0 Å². The molecule has 0 aromatic carbocycles. The lowest BCUT2D eigenvalue weighted by Crippen LogP contribution is -2.24. The van der Waals surface area contributed by atoms with Gasteiger partial charge in [-0.3, -0.25) is 4.57 Å². The Morgan fingerprint density at radius 2 is 1.92 bits per heavy atom. The molecule has 0 aliphatic carbocycles. The first-order valence-corrected chi connectivity index (χ1v) is 6.87. The van der Waals surface area contributed by atoms with Crippen molar-refractivity contribution in [3.05, 3.63) is 0 Å². The number of hydrogen-bond donors (Lipinski definition) is 0. The lowest BCUT2D eigenvalue weighted by Gasteiger charge is -2.28. The number of hydrogen-bond acceptors (Lipinski definition) is 2. The van der Waals surface area contributed by atoms with E-state index in [1.54, 1.807) is 6.92 Å². The van der Waals surface area contributed by atoms with Crippen LogP contribution in [0.15, 0.2) is 0 Å². The van der Waals surface area contributed by atoms with Crippen LogP contribution in [0.2, 0.25) is 0 Å². The molecule has 0 spiro atoms. The predicted octanol–water partition coefficient (Wildman–Crippen LogP) is 3.89. The van der Waals surface area contributed by atoms with Gasteiger partial charge < -0.3 is 4.52 Å². The van der Waals surface area contributed by atoms with E-state index in [1.807, 2.05) is 27.7 Å². The number of rotatable bonds is 3. The van der Waals surface area contributed by atoms with Gasteiger partial charge in [0.2, 0.25) is 0 Å². The van der Waals surface area contributed by atoms with Gasteiger partial charge in [0.15, 0.2) is 0 Å². The van der Waals surface area contributed by atoms with E-state index in [9.17, 15) is 4.57 Å². The van der Waals surface area contributed by atoms with Gasteiger partial charge in [-0.15, -0.1) is 0 Å². The van der Waals surface area contributed by atoms with Gasteiger partial charge in [0.05, 0.1) is 6.10 Å². The van der Waals surface area contributed by atoms with Crippen LogP contribution < -0.4 is 0 Å². The molecule has 0 N–H and O–H groups in total. The minimum absolute atomic E-state index is 0.0142. The van der Waals surface area contributed by atoms with Crippen molar-refractivity contribution in [3.63, 3.8) is 0 Å². The Bertz CT molecular complexity index is 186. The fourth-order valence-corrected chi connectivity index (χ4v) is 1.76. The van der Waals surface area contributed by atoms with E-state index in [-0.39, 0.29) is 11.5 Å². The van der Waals surface area contributed by atoms with Gasteiger partial charge in [-0.2, -0.15) is 0 Å². The molecule has 0 amide bonds. The van der Waals surface area contributed by atoms with E-state index in [1.165, 1.54) is 0 Å². The Labute approximate surface area is 79.9 Å². The second kappa shape index (κ2) is 4.13. The summed E-state index contributed by atoms with van der Waals surface area (Å²) in [5, 5.41) is 0. The molecule has 0 fully saturated rings. The maximum absolute atomic E-state index is 11.4. The Hall–Kier alpha value is 0.480. The molecule has 12 heavy (non-hydrogen) atoms. The van der Waals surface area contributed by atoms with Crippen molar-refractivity contribution in [2.45, 2.75) is 40.7 Å².